The molecule has 0 aliphatic rings. The Morgan fingerprint density at radius 3 is 2.25 bits per heavy atom. The molecule has 0 saturated carbocycles. The molecule has 2 amide bonds. The second-order valence-corrected chi connectivity index (χ2v) is 7.06. The summed E-state index contributed by atoms with van der Waals surface area (Å²) in [4.78, 5) is 37.5. The van der Waals surface area contributed by atoms with E-state index in [-0.39, 0.29) is 17.0 Å². The predicted molar refractivity (Wildman–Crippen MR) is 109 cm³/mol. The van der Waals surface area contributed by atoms with Crippen LogP contribution >= 0.6 is 11.6 Å². The van der Waals surface area contributed by atoms with Crippen LogP contribution in [-0.2, 0) is 9.53 Å². The lowest BCUT2D eigenvalue weighted by molar-refractivity contribution is -0.118. The summed E-state index contributed by atoms with van der Waals surface area (Å²) in [5.41, 5.74) is 1.60. The zero-order chi connectivity index (χ0) is 20.8. The van der Waals surface area contributed by atoms with E-state index in [4.69, 9.17) is 16.3 Å². The van der Waals surface area contributed by atoms with Gasteiger partial charge in [-0.1, -0.05) is 49.7 Å². The number of nitrogens with one attached hydrogen (secondary N) is 2. The predicted octanol–water partition coefficient (Wildman–Crippen LogP) is 3.83. The van der Waals surface area contributed by atoms with Crippen molar-refractivity contribution in [3.63, 3.8) is 0 Å². The van der Waals surface area contributed by atoms with Crippen molar-refractivity contribution in [2.24, 2.45) is 5.92 Å². The van der Waals surface area contributed by atoms with E-state index in [1.54, 1.807) is 49.4 Å². The number of rotatable bonds is 6. The maximum Gasteiger partial charge on any atom is 0.339 e. The maximum absolute atomic E-state index is 12.9. The summed E-state index contributed by atoms with van der Waals surface area (Å²) < 4.78 is 4.78. The molecule has 28 heavy (non-hydrogen) atoms. The minimum Gasteiger partial charge on any atom is -0.465 e. The van der Waals surface area contributed by atoms with Crippen molar-refractivity contribution in [2.45, 2.75) is 26.8 Å². The number of esters is 1. The molecule has 2 aromatic rings. The van der Waals surface area contributed by atoms with Gasteiger partial charge in [0.2, 0.25) is 5.91 Å². The lowest BCUT2D eigenvalue weighted by Crippen LogP contribution is -2.47. The van der Waals surface area contributed by atoms with Gasteiger partial charge in [0.1, 0.15) is 6.04 Å². The van der Waals surface area contributed by atoms with Crippen molar-refractivity contribution in [3.05, 3.63) is 64.2 Å². The molecule has 0 fully saturated rings. The Balaban J connectivity index is 2.27. The normalized spacial score (nSPS) is 11.6. The molecule has 0 spiro atoms. The molecular formula is C21H23ClN2O4. The molecule has 0 heterocycles. The van der Waals surface area contributed by atoms with Crippen LogP contribution in [0.4, 0.5) is 5.69 Å². The Kier molecular flexibility index (Phi) is 7.18. The average Bonchev–Trinajstić information content (AvgIpc) is 2.66. The first-order valence-electron chi connectivity index (χ1n) is 8.80. The van der Waals surface area contributed by atoms with Gasteiger partial charge in [-0.25, -0.2) is 4.79 Å². The topological polar surface area (TPSA) is 84.5 Å². The van der Waals surface area contributed by atoms with Gasteiger partial charge in [-0.2, -0.15) is 0 Å². The number of ether oxygens (including phenoxy) is 1. The van der Waals surface area contributed by atoms with Gasteiger partial charge in [0, 0.05) is 0 Å². The highest BCUT2D eigenvalue weighted by atomic mass is 35.5. The molecule has 2 aromatic carbocycles. The highest BCUT2D eigenvalue weighted by Gasteiger charge is 2.27. The lowest BCUT2D eigenvalue weighted by Gasteiger charge is -2.23. The van der Waals surface area contributed by atoms with Crippen molar-refractivity contribution >= 4 is 35.1 Å². The van der Waals surface area contributed by atoms with Crippen LogP contribution < -0.4 is 10.6 Å². The highest BCUT2D eigenvalue weighted by Crippen LogP contribution is 2.22. The molecule has 0 aliphatic carbocycles. The molecule has 0 saturated heterocycles. The summed E-state index contributed by atoms with van der Waals surface area (Å²) in [6, 6.07) is 10.8. The van der Waals surface area contributed by atoms with Crippen LogP contribution in [0.3, 0.4) is 0 Å². The number of carbonyl (C=O) groups excluding carboxylic acids is 3. The largest absolute Gasteiger partial charge is 0.465 e. The highest BCUT2D eigenvalue weighted by molar-refractivity contribution is 6.33. The Labute approximate surface area is 169 Å². The summed E-state index contributed by atoms with van der Waals surface area (Å²) in [5.74, 6) is -1.63. The summed E-state index contributed by atoms with van der Waals surface area (Å²) in [7, 11) is 1.27. The van der Waals surface area contributed by atoms with E-state index in [0.717, 1.165) is 0 Å². The molecule has 148 valence electrons. The van der Waals surface area contributed by atoms with Crippen LogP contribution in [0.2, 0.25) is 5.02 Å². The number of hydrogen-bond donors (Lipinski definition) is 2. The molecule has 0 bridgehead atoms. The molecule has 1 atom stereocenters. The lowest BCUT2D eigenvalue weighted by atomic mass is 10.0. The fraction of sp³-hybridized carbons (Fsp3) is 0.286. The van der Waals surface area contributed by atoms with Gasteiger partial charge in [0.05, 0.1) is 28.9 Å². The molecule has 2 rings (SSSR count). The van der Waals surface area contributed by atoms with Crippen molar-refractivity contribution < 1.29 is 19.1 Å². The molecular weight excluding hydrogens is 380 g/mol. The number of benzene rings is 2. The summed E-state index contributed by atoms with van der Waals surface area (Å²) in [6.07, 6.45) is 0. The van der Waals surface area contributed by atoms with Gasteiger partial charge >= 0.3 is 5.97 Å². The van der Waals surface area contributed by atoms with Crippen LogP contribution in [0.15, 0.2) is 42.5 Å². The maximum atomic E-state index is 12.9. The van der Waals surface area contributed by atoms with Gasteiger partial charge in [-0.05, 0) is 36.6 Å². The van der Waals surface area contributed by atoms with Gasteiger partial charge in [0.15, 0.2) is 0 Å². The first-order chi connectivity index (χ1) is 13.3. The van der Waals surface area contributed by atoms with E-state index >= 15 is 0 Å². The molecule has 0 aromatic heterocycles. The first kappa shape index (κ1) is 21.4. The van der Waals surface area contributed by atoms with E-state index in [2.05, 4.69) is 10.6 Å². The van der Waals surface area contributed by atoms with Crippen molar-refractivity contribution in [1.82, 2.24) is 5.32 Å². The number of aryl methyl sites for hydroxylation is 1. The Bertz CT molecular complexity index is 896. The number of halogens is 1. The number of para-hydroxylation sites is 1. The van der Waals surface area contributed by atoms with Crippen LogP contribution in [0.5, 0.6) is 0 Å². The zero-order valence-corrected chi connectivity index (χ0v) is 17.0. The van der Waals surface area contributed by atoms with E-state index in [1.165, 1.54) is 7.11 Å². The van der Waals surface area contributed by atoms with Gasteiger partial charge in [-0.15, -0.1) is 0 Å². The third-order valence-corrected chi connectivity index (χ3v) is 4.61. The van der Waals surface area contributed by atoms with Gasteiger partial charge < -0.3 is 15.4 Å². The molecule has 7 heteroatoms. The first-order valence-corrected chi connectivity index (χ1v) is 9.18. The average molecular weight is 403 g/mol. The third kappa shape index (κ3) is 4.89. The molecule has 0 aliphatic heterocycles. The van der Waals surface area contributed by atoms with Crippen molar-refractivity contribution in [1.29, 1.82) is 0 Å². The Morgan fingerprint density at radius 1 is 1.00 bits per heavy atom. The molecule has 6 nitrogen and oxygen atoms in total. The fourth-order valence-corrected chi connectivity index (χ4v) is 2.94. The summed E-state index contributed by atoms with van der Waals surface area (Å²) in [5, 5.41) is 5.78. The number of methoxy groups -OCH3 is 1. The number of hydrogen-bond acceptors (Lipinski definition) is 4. The fourth-order valence-electron chi connectivity index (χ4n) is 2.71. The van der Waals surface area contributed by atoms with Gasteiger partial charge in [-0.3, -0.25) is 9.59 Å². The second kappa shape index (κ2) is 9.37. The van der Waals surface area contributed by atoms with E-state index in [1.807, 2.05) is 13.8 Å². The summed E-state index contributed by atoms with van der Waals surface area (Å²) >= 11 is 6.07. The van der Waals surface area contributed by atoms with E-state index < -0.39 is 23.8 Å². The number of amides is 2. The summed E-state index contributed by atoms with van der Waals surface area (Å²) in [6.45, 7) is 5.40. The standard InChI is InChI=1S/C21H23ClN2O4/c1-12(2)17(23-19(25)14-9-5-6-11-16(14)22)20(26)24-18-13(3)8-7-10-15(18)21(27)28-4/h5-12,17H,1-4H3,(H,23,25)(H,24,26). The smallest absolute Gasteiger partial charge is 0.339 e. The van der Waals surface area contributed by atoms with Crippen molar-refractivity contribution in [3.8, 4) is 0 Å². The molecule has 0 radical (unpaired) electrons. The van der Waals surface area contributed by atoms with Gasteiger partial charge in [0.25, 0.3) is 5.91 Å². The van der Waals surface area contributed by atoms with Crippen molar-refractivity contribution in [2.75, 3.05) is 12.4 Å². The van der Waals surface area contributed by atoms with Crippen LogP contribution in [-0.4, -0.2) is 30.9 Å². The monoisotopic (exact) mass is 402 g/mol. The minimum absolute atomic E-state index is 0.197. The second-order valence-electron chi connectivity index (χ2n) is 6.65. The Hall–Kier alpha value is -2.86. The van der Waals surface area contributed by atoms with Crippen LogP contribution in [0, 0.1) is 12.8 Å². The van der Waals surface area contributed by atoms with Crippen LogP contribution in [0.25, 0.3) is 0 Å². The van der Waals surface area contributed by atoms with E-state index in [9.17, 15) is 14.4 Å². The quantitative estimate of drug-likeness (QED) is 0.719. The number of anilines is 1. The SMILES string of the molecule is COC(=O)c1cccc(C)c1NC(=O)C(NC(=O)c1ccccc1Cl)C(C)C. The third-order valence-electron chi connectivity index (χ3n) is 4.28. The zero-order valence-electron chi connectivity index (χ0n) is 16.2. The number of carbonyl (C=O) groups is 3. The molecule has 2 N–H and O–H groups in total. The molecule has 1 unspecified atom stereocenters. The minimum atomic E-state index is -0.825. The van der Waals surface area contributed by atoms with Crippen LogP contribution in [0.1, 0.15) is 40.1 Å². The van der Waals surface area contributed by atoms with E-state index in [0.29, 0.717) is 16.3 Å². The Morgan fingerprint density at radius 2 is 1.64 bits per heavy atom.